The van der Waals surface area contributed by atoms with Gasteiger partial charge in [0.15, 0.2) is 11.2 Å². The highest BCUT2D eigenvalue weighted by Crippen LogP contribution is 2.22. The summed E-state index contributed by atoms with van der Waals surface area (Å²) in [5.41, 5.74) is 1.56. The summed E-state index contributed by atoms with van der Waals surface area (Å²) < 4.78 is 5.33. The highest BCUT2D eigenvalue weighted by molar-refractivity contribution is 5.91. The van der Waals surface area contributed by atoms with Crippen molar-refractivity contribution in [3.8, 4) is 0 Å². The van der Waals surface area contributed by atoms with Crippen LogP contribution in [0.4, 0.5) is 0 Å². The smallest absolute Gasteiger partial charge is 0.289 e. The van der Waals surface area contributed by atoms with Gasteiger partial charge in [-0.1, -0.05) is 0 Å². The Bertz CT molecular complexity index is 780. The Morgan fingerprint density at radius 2 is 2.17 bits per heavy atom. The third kappa shape index (κ3) is 3.34. The second-order valence-corrected chi connectivity index (χ2v) is 6.05. The number of aromatic nitrogens is 2. The summed E-state index contributed by atoms with van der Waals surface area (Å²) >= 11 is 0. The van der Waals surface area contributed by atoms with E-state index in [1.165, 1.54) is 17.0 Å². The average Bonchev–Trinajstić information content (AvgIpc) is 3.04. The molecule has 7 heteroatoms. The molecule has 0 unspecified atom stereocenters. The minimum Gasteiger partial charge on any atom is -0.456 e. The summed E-state index contributed by atoms with van der Waals surface area (Å²) in [6.07, 6.45) is -0.0277. The lowest BCUT2D eigenvalue weighted by Gasteiger charge is -2.15. The van der Waals surface area contributed by atoms with Crippen LogP contribution in [-0.4, -0.2) is 45.3 Å². The first-order chi connectivity index (χ1) is 10.9. The zero-order chi connectivity index (χ0) is 16.6. The first-order valence-electron chi connectivity index (χ1n) is 7.52. The van der Waals surface area contributed by atoms with Gasteiger partial charge in [-0.2, -0.15) is 5.10 Å². The van der Waals surface area contributed by atoms with Crippen LogP contribution in [0.15, 0.2) is 27.4 Å². The zero-order valence-electron chi connectivity index (χ0n) is 13.1. The van der Waals surface area contributed by atoms with Gasteiger partial charge in [-0.05, 0) is 26.3 Å². The van der Waals surface area contributed by atoms with E-state index in [0.717, 1.165) is 11.4 Å². The maximum Gasteiger partial charge on any atom is 0.289 e. The van der Waals surface area contributed by atoms with Crippen LogP contribution in [0.5, 0.6) is 0 Å². The standard InChI is InChI=1S/C16H19N3O4/c1-9-3-12(18-17-9)5-11-7-19(8-14(11)21)16(22)15-6-13(20)4-10(2)23-15/h3-4,6,11,14,21H,5,7-8H2,1-2H3,(H,17,18)/t11-,14-/m1/s1. The van der Waals surface area contributed by atoms with Gasteiger partial charge in [-0.15, -0.1) is 0 Å². The molecule has 0 aromatic carbocycles. The number of carbonyl (C=O) groups is 1. The minimum atomic E-state index is -0.618. The molecule has 1 amide bonds. The summed E-state index contributed by atoms with van der Waals surface area (Å²) in [6, 6.07) is 4.45. The summed E-state index contributed by atoms with van der Waals surface area (Å²) in [4.78, 5) is 25.5. The van der Waals surface area contributed by atoms with Crippen molar-refractivity contribution in [2.45, 2.75) is 26.4 Å². The molecule has 0 saturated carbocycles. The first-order valence-corrected chi connectivity index (χ1v) is 7.52. The van der Waals surface area contributed by atoms with Crippen molar-refractivity contribution in [1.82, 2.24) is 15.1 Å². The highest BCUT2D eigenvalue weighted by Gasteiger charge is 2.35. The number of β-amino-alcohol motifs (C(OH)–C–C–N with tert-alkyl or cyclic N) is 1. The Balaban J connectivity index is 1.72. The summed E-state index contributed by atoms with van der Waals surface area (Å²) in [6.45, 7) is 4.17. The molecular weight excluding hydrogens is 298 g/mol. The van der Waals surface area contributed by atoms with Crippen LogP contribution in [0.2, 0.25) is 0 Å². The second-order valence-electron chi connectivity index (χ2n) is 6.05. The van der Waals surface area contributed by atoms with Crippen molar-refractivity contribution < 1.29 is 14.3 Å². The Hall–Kier alpha value is -2.41. The number of aryl methyl sites for hydroxylation is 2. The van der Waals surface area contributed by atoms with Crippen molar-refractivity contribution in [2.24, 2.45) is 5.92 Å². The van der Waals surface area contributed by atoms with Crippen LogP contribution in [-0.2, 0) is 6.42 Å². The van der Waals surface area contributed by atoms with E-state index in [9.17, 15) is 14.7 Å². The van der Waals surface area contributed by atoms with Crippen LogP contribution < -0.4 is 5.43 Å². The maximum atomic E-state index is 12.5. The monoisotopic (exact) mass is 317 g/mol. The summed E-state index contributed by atoms with van der Waals surface area (Å²) in [5.74, 6) is -0.0497. The number of hydrogen-bond donors (Lipinski definition) is 2. The molecule has 2 atom stereocenters. The van der Waals surface area contributed by atoms with E-state index in [2.05, 4.69) is 10.2 Å². The fourth-order valence-electron chi connectivity index (χ4n) is 2.93. The van der Waals surface area contributed by atoms with Gasteiger partial charge in [0.05, 0.1) is 11.8 Å². The number of likely N-dealkylation sites (tertiary alicyclic amines) is 1. The van der Waals surface area contributed by atoms with Crippen molar-refractivity contribution in [3.63, 3.8) is 0 Å². The summed E-state index contributed by atoms with van der Waals surface area (Å²) in [5, 5.41) is 17.2. The average molecular weight is 317 g/mol. The van der Waals surface area contributed by atoms with Crippen LogP contribution in [0.25, 0.3) is 0 Å². The van der Waals surface area contributed by atoms with E-state index >= 15 is 0 Å². The predicted molar refractivity (Wildman–Crippen MR) is 82.1 cm³/mol. The molecule has 1 fully saturated rings. The van der Waals surface area contributed by atoms with Gasteiger partial charge in [-0.25, -0.2) is 0 Å². The number of amides is 1. The van der Waals surface area contributed by atoms with E-state index in [-0.39, 0.29) is 29.6 Å². The van der Waals surface area contributed by atoms with E-state index in [1.54, 1.807) is 6.92 Å². The van der Waals surface area contributed by atoms with Gasteiger partial charge in [0, 0.05) is 36.8 Å². The molecule has 0 bridgehead atoms. The predicted octanol–water partition coefficient (Wildman–Crippen LogP) is 0.655. The van der Waals surface area contributed by atoms with Crippen LogP contribution in [0, 0.1) is 19.8 Å². The lowest BCUT2D eigenvalue weighted by atomic mass is 10.0. The molecule has 1 aliphatic rings. The number of aliphatic hydroxyl groups excluding tert-OH is 1. The number of nitrogens with zero attached hydrogens (tertiary/aromatic N) is 2. The topological polar surface area (TPSA) is 99.4 Å². The molecule has 122 valence electrons. The fraction of sp³-hybridized carbons (Fsp3) is 0.438. The number of rotatable bonds is 3. The number of hydrogen-bond acceptors (Lipinski definition) is 5. The van der Waals surface area contributed by atoms with Gasteiger partial charge >= 0.3 is 0 Å². The van der Waals surface area contributed by atoms with Crippen molar-refractivity contribution >= 4 is 5.91 Å². The van der Waals surface area contributed by atoms with Gasteiger partial charge in [0.25, 0.3) is 5.91 Å². The van der Waals surface area contributed by atoms with Crippen molar-refractivity contribution in [2.75, 3.05) is 13.1 Å². The molecule has 3 rings (SSSR count). The van der Waals surface area contributed by atoms with E-state index in [1.807, 2.05) is 13.0 Å². The molecule has 7 nitrogen and oxygen atoms in total. The molecule has 1 saturated heterocycles. The van der Waals surface area contributed by atoms with Gasteiger partial charge in [0.2, 0.25) is 0 Å². The normalized spacial score (nSPS) is 20.9. The second kappa shape index (κ2) is 6.00. The molecule has 0 radical (unpaired) electrons. The molecule has 3 heterocycles. The van der Waals surface area contributed by atoms with E-state index in [4.69, 9.17) is 4.42 Å². The minimum absolute atomic E-state index is 0.0125. The maximum absolute atomic E-state index is 12.5. The Morgan fingerprint density at radius 1 is 1.39 bits per heavy atom. The largest absolute Gasteiger partial charge is 0.456 e. The molecule has 0 spiro atoms. The van der Waals surface area contributed by atoms with E-state index < -0.39 is 6.10 Å². The highest BCUT2D eigenvalue weighted by atomic mass is 16.3. The third-order valence-electron chi connectivity index (χ3n) is 4.02. The molecule has 2 N–H and O–H groups in total. The van der Waals surface area contributed by atoms with Crippen LogP contribution in [0.1, 0.15) is 27.7 Å². The lowest BCUT2D eigenvalue weighted by molar-refractivity contribution is 0.0729. The third-order valence-corrected chi connectivity index (χ3v) is 4.02. The van der Waals surface area contributed by atoms with Gasteiger partial charge in [0.1, 0.15) is 5.76 Å². The Morgan fingerprint density at radius 3 is 2.83 bits per heavy atom. The first kappa shape index (κ1) is 15.5. The molecule has 2 aromatic rings. The van der Waals surface area contributed by atoms with Gasteiger partial charge in [-0.3, -0.25) is 14.7 Å². The number of H-pyrrole nitrogens is 1. The Labute approximate surface area is 132 Å². The molecule has 2 aromatic heterocycles. The zero-order valence-corrected chi connectivity index (χ0v) is 13.1. The van der Waals surface area contributed by atoms with Crippen molar-refractivity contribution in [1.29, 1.82) is 0 Å². The van der Waals surface area contributed by atoms with Gasteiger partial charge < -0.3 is 14.4 Å². The lowest BCUT2D eigenvalue weighted by Crippen LogP contribution is -2.30. The molecular formula is C16H19N3O4. The number of aromatic amines is 1. The Kier molecular flexibility index (Phi) is 4.04. The molecule has 1 aliphatic heterocycles. The number of nitrogens with one attached hydrogen (secondary N) is 1. The number of aliphatic hydroxyl groups is 1. The summed E-state index contributed by atoms with van der Waals surface area (Å²) in [7, 11) is 0. The molecule has 0 aliphatic carbocycles. The quantitative estimate of drug-likeness (QED) is 0.866. The molecule has 23 heavy (non-hydrogen) atoms. The number of carbonyl (C=O) groups excluding carboxylic acids is 1. The van der Waals surface area contributed by atoms with Crippen LogP contribution in [0.3, 0.4) is 0 Å². The van der Waals surface area contributed by atoms with Crippen LogP contribution >= 0.6 is 0 Å². The fourth-order valence-corrected chi connectivity index (χ4v) is 2.93. The van der Waals surface area contributed by atoms with Crippen molar-refractivity contribution in [3.05, 3.63) is 51.3 Å². The SMILES string of the molecule is Cc1cc(C[C@@H]2CN(C(=O)c3cc(=O)cc(C)o3)C[C@H]2O)n[nH]1. The van der Waals surface area contributed by atoms with E-state index in [0.29, 0.717) is 18.7 Å².